The van der Waals surface area contributed by atoms with Crippen molar-refractivity contribution in [2.24, 2.45) is 10.9 Å². The van der Waals surface area contributed by atoms with Gasteiger partial charge in [-0.2, -0.15) is 0 Å². The number of aliphatic imine (C=N–C) groups is 1. The van der Waals surface area contributed by atoms with Crippen LogP contribution in [0.15, 0.2) is 41.5 Å². The average molecular weight is 412 g/mol. The molecular weight excluding hydrogens is 374 g/mol. The van der Waals surface area contributed by atoms with Gasteiger partial charge in [0.1, 0.15) is 5.82 Å². The summed E-state index contributed by atoms with van der Waals surface area (Å²) in [4.78, 5) is 20.0. The van der Waals surface area contributed by atoms with Crippen molar-refractivity contribution in [3.8, 4) is 11.3 Å². The molecule has 0 radical (unpaired) electrons. The molecule has 1 aliphatic heterocycles. The maximum absolute atomic E-state index is 4.91. The van der Waals surface area contributed by atoms with Gasteiger partial charge in [-0.25, -0.2) is 4.98 Å². The number of rotatable bonds is 8. The first-order valence-electron chi connectivity index (χ1n) is 11.0. The number of hydrogen-bond donors (Lipinski definition) is 2. The Bertz CT molecular complexity index is 778. The van der Waals surface area contributed by atoms with Gasteiger partial charge in [0.25, 0.3) is 0 Å². The Morgan fingerprint density at radius 3 is 2.67 bits per heavy atom. The predicted octanol–water partition coefficient (Wildman–Crippen LogP) is 2.36. The summed E-state index contributed by atoms with van der Waals surface area (Å²) in [6.45, 7) is 12.5. The molecule has 164 valence electrons. The molecule has 7 heteroatoms. The lowest BCUT2D eigenvalue weighted by Gasteiger charge is -2.33. The van der Waals surface area contributed by atoms with Crippen molar-refractivity contribution in [3.05, 3.63) is 42.4 Å². The Morgan fingerprint density at radius 1 is 1.23 bits per heavy atom. The number of nitrogens with one attached hydrogen (secondary N) is 2. The van der Waals surface area contributed by atoms with E-state index in [0.717, 1.165) is 68.9 Å². The van der Waals surface area contributed by atoms with Gasteiger partial charge in [0.15, 0.2) is 5.96 Å². The summed E-state index contributed by atoms with van der Waals surface area (Å²) >= 11 is 0. The molecule has 2 heterocycles. The van der Waals surface area contributed by atoms with Gasteiger partial charge >= 0.3 is 0 Å². The van der Waals surface area contributed by atoms with E-state index in [1.165, 1.54) is 0 Å². The lowest BCUT2D eigenvalue weighted by Crippen LogP contribution is -2.46. The molecular formula is C23H37N7. The SMILES string of the molecule is CCNC(=NCC(C)CN1CCN(C)CC1)N(C)Cc1ncc(-c2ccccc2)[nH]1. The van der Waals surface area contributed by atoms with Crippen LogP contribution in [0.25, 0.3) is 11.3 Å². The van der Waals surface area contributed by atoms with Gasteiger partial charge in [0.05, 0.1) is 18.4 Å². The summed E-state index contributed by atoms with van der Waals surface area (Å²) in [5.41, 5.74) is 2.19. The van der Waals surface area contributed by atoms with Gasteiger partial charge in [0, 0.05) is 52.9 Å². The van der Waals surface area contributed by atoms with E-state index >= 15 is 0 Å². The molecule has 1 unspecified atom stereocenters. The Hall–Kier alpha value is -2.38. The number of aromatic nitrogens is 2. The van der Waals surface area contributed by atoms with Crippen molar-refractivity contribution in [3.63, 3.8) is 0 Å². The zero-order chi connectivity index (χ0) is 21.3. The first kappa shape index (κ1) is 22.3. The van der Waals surface area contributed by atoms with Crippen LogP contribution in [-0.4, -0.2) is 90.5 Å². The van der Waals surface area contributed by atoms with Crippen LogP contribution in [-0.2, 0) is 6.54 Å². The summed E-state index contributed by atoms with van der Waals surface area (Å²) < 4.78 is 0. The highest BCUT2D eigenvalue weighted by atomic mass is 15.3. The van der Waals surface area contributed by atoms with Crippen LogP contribution in [0.1, 0.15) is 19.7 Å². The second kappa shape index (κ2) is 11.1. The van der Waals surface area contributed by atoms with Crippen LogP contribution in [0.5, 0.6) is 0 Å². The molecule has 2 N–H and O–H groups in total. The number of imidazole rings is 1. The van der Waals surface area contributed by atoms with Crippen molar-refractivity contribution < 1.29 is 0 Å². The molecule has 1 aromatic heterocycles. The van der Waals surface area contributed by atoms with Gasteiger partial charge in [-0.3, -0.25) is 4.99 Å². The molecule has 0 aliphatic carbocycles. The van der Waals surface area contributed by atoms with Gasteiger partial charge in [-0.05, 0) is 25.5 Å². The van der Waals surface area contributed by atoms with Crippen LogP contribution in [0.3, 0.4) is 0 Å². The molecule has 1 aliphatic rings. The van der Waals surface area contributed by atoms with E-state index in [1.54, 1.807) is 0 Å². The molecule has 30 heavy (non-hydrogen) atoms. The summed E-state index contributed by atoms with van der Waals surface area (Å²) in [6.07, 6.45) is 1.90. The standard InChI is InChI=1S/C23H37N7/c1-5-24-23(26-15-19(2)17-30-13-11-28(3)12-14-30)29(4)18-22-25-16-21(27-22)20-9-7-6-8-10-20/h6-10,16,19H,5,11-15,17-18H2,1-4H3,(H,24,26)(H,25,27). The Balaban J connectivity index is 1.55. The van der Waals surface area contributed by atoms with Gasteiger partial charge in [0.2, 0.25) is 0 Å². The highest BCUT2D eigenvalue weighted by Crippen LogP contribution is 2.16. The zero-order valence-corrected chi connectivity index (χ0v) is 18.9. The summed E-state index contributed by atoms with van der Waals surface area (Å²) in [6, 6.07) is 10.3. The topological polar surface area (TPSA) is 62.8 Å². The molecule has 1 atom stereocenters. The maximum atomic E-state index is 4.91. The number of likely N-dealkylation sites (N-methyl/N-ethyl adjacent to an activating group) is 1. The second-order valence-corrected chi connectivity index (χ2v) is 8.37. The number of nitrogens with zero attached hydrogens (tertiary/aromatic N) is 5. The van der Waals surface area contributed by atoms with Crippen molar-refractivity contribution >= 4 is 5.96 Å². The number of piperazine rings is 1. The van der Waals surface area contributed by atoms with E-state index in [2.05, 4.69) is 70.1 Å². The fourth-order valence-corrected chi connectivity index (χ4v) is 3.75. The largest absolute Gasteiger partial charge is 0.357 e. The highest BCUT2D eigenvalue weighted by Gasteiger charge is 2.16. The van der Waals surface area contributed by atoms with Crippen LogP contribution >= 0.6 is 0 Å². The number of H-pyrrole nitrogens is 1. The van der Waals surface area contributed by atoms with Crippen LogP contribution in [0, 0.1) is 5.92 Å². The lowest BCUT2D eigenvalue weighted by atomic mass is 10.1. The number of guanidine groups is 1. The van der Waals surface area contributed by atoms with E-state index in [4.69, 9.17) is 4.99 Å². The van der Waals surface area contributed by atoms with Crippen molar-refractivity contribution in [2.45, 2.75) is 20.4 Å². The Labute approximate surface area is 181 Å². The van der Waals surface area contributed by atoms with Gasteiger partial charge in [-0.15, -0.1) is 0 Å². The van der Waals surface area contributed by atoms with Gasteiger partial charge < -0.3 is 25.0 Å². The number of benzene rings is 1. The molecule has 1 fully saturated rings. The molecule has 7 nitrogen and oxygen atoms in total. The van der Waals surface area contributed by atoms with Gasteiger partial charge in [-0.1, -0.05) is 37.3 Å². The molecule has 3 rings (SSSR count). The molecule has 0 spiro atoms. The van der Waals surface area contributed by atoms with E-state index in [0.29, 0.717) is 12.5 Å². The third-order valence-corrected chi connectivity index (χ3v) is 5.52. The first-order valence-corrected chi connectivity index (χ1v) is 11.0. The predicted molar refractivity (Wildman–Crippen MR) is 125 cm³/mol. The maximum Gasteiger partial charge on any atom is 0.194 e. The van der Waals surface area contributed by atoms with Crippen molar-refractivity contribution in [1.82, 2.24) is 30.0 Å². The van der Waals surface area contributed by atoms with E-state index in [-0.39, 0.29) is 0 Å². The van der Waals surface area contributed by atoms with E-state index in [1.807, 2.05) is 24.4 Å². The second-order valence-electron chi connectivity index (χ2n) is 8.37. The first-order chi connectivity index (χ1) is 14.5. The molecule has 0 amide bonds. The van der Waals surface area contributed by atoms with Crippen molar-refractivity contribution in [1.29, 1.82) is 0 Å². The summed E-state index contributed by atoms with van der Waals surface area (Å²) in [5, 5.41) is 3.42. The van der Waals surface area contributed by atoms with Crippen molar-refractivity contribution in [2.75, 3.05) is 59.9 Å². The van der Waals surface area contributed by atoms with Crippen LogP contribution in [0.4, 0.5) is 0 Å². The fraction of sp³-hybridized carbons (Fsp3) is 0.565. The fourth-order valence-electron chi connectivity index (χ4n) is 3.75. The molecule has 1 saturated heterocycles. The highest BCUT2D eigenvalue weighted by molar-refractivity contribution is 5.79. The Morgan fingerprint density at radius 2 is 1.97 bits per heavy atom. The minimum absolute atomic E-state index is 0.531. The number of aromatic amines is 1. The lowest BCUT2D eigenvalue weighted by molar-refractivity contribution is 0.140. The normalized spacial score (nSPS) is 17.1. The van der Waals surface area contributed by atoms with Crippen LogP contribution < -0.4 is 5.32 Å². The van der Waals surface area contributed by atoms with E-state index < -0.39 is 0 Å². The summed E-state index contributed by atoms with van der Waals surface area (Å²) in [5.74, 6) is 2.40. The zero-order valence-electron chi connectivity index (χ0n) is 18.9. The van der Waals surface area contributed by atoms with E-state index in [9.17, 15) is 0 Å². The molecule has 0 saturated carbocycles. The monoisotopic (exact) mass is 411 g/mol. The molecule has 0 bridgehead atoms. The minimum Gasteiger partial charge on any atom is -0.357 e. The smallest absolute Gasteiger partial charge is 0.194 e. The summed E-state index contributed by atoms with van der Waals surface area (Å²) in [7, 11) is 4.27. The minimum atomic E-state index is 0.531. The molecule has 1 aromatic carbocycles. The third kappa shape index (κ3) is 6.57. The van der Waals surface area contributed by atoms with Crippen LogP contribution in [0.2, 0.25) is 0 Å². The number of hydrogen-bond acceptors (Lipinski definition) is 4. The quantitative estimate of drug-likeness (QED) is 0.516. The Kier molecular flexibility index (Phi) is 8.28. The molecule has 2 aromatic rings. The average Bonchev–Trinajstić information content (AvgIpc) is 3.22. The third-order valence-electron chi connectivity index (χ3n) is 5.52.